The number of H-pyrrole nitrogens is 2. The molecule has 0 fully saturated rings. The van der Waals surface area contributed by atoms with Crippen LogP contribution in [0, 0.1) is 4.77 Å². The summed E-state index contributed by atoms with van der Waals surface area (Å²) < 4.78 is 24.4. The lowest BCUT2D eigenvalue weighted by Gasteiger charge is -2.10. The Labute approximate surface area is 149 Å². The Kier molecular flexibility index (Phi) is 5.88. The van der Waals surface area contributed by atoms with Crippen molar-refractivity contribution in [2.45, 2.75) is 31.1 Å². The van der Waals surface area contributed by atoms with E-state index in [0.29, 0.717) is 0 Å². The van der Waals surface area contributed by atoms with Gasteiger partial charge in [0, 0.05) is 11.8 Å². The molecule has 4 N–H and O–H groups in total. The second-order valence-electron chi connectivity index (χ2n) is 5.67. The van der Waals surface area contributed by atoms with Crippen LogP contribution in [0.2, 0.25) is 0 Å². The highest BCUT2D eigenvalue weighted by molar-refractivity contribution is 7.89. The number of rotatable bonds is 6. The van der Waals surface area contributed by atoms with Gasteiger partial charge in [0.25, 0.3) is 15.6 Å². The minimum absolute atomic E-state index is 0.0350. The van der Waals surface area contributed by atoms with Crippen molar-refractivity contribution >= 4 is 28.1 Å². The average Bonchev–Trinajstić information content (AvgIpc) is 2.52. The van der Waals surface area contributed by atoms with Crippen LogP contribution in [0.25, 0.3) is 0 Å². The van der Waals surface area contributed by atoms with Crippen molar-refractivity contribution in [3.8, 4) is 0 Å². The standard InChI is InChI=1S/C15H18N4O4S2/c1-9(2)10-3-5-12(6-4-10)25(22,23)19-18-14(21)8-11-7-13(20)17-15(24)16-11/h3-7,9,19H,8H2,1-2H3,(H,18,21)(H2,16,17,20,24). The lowest BCUT2D eigenvalue weighted by molar-refractivity contribution is -0.120. The molecule has 0 atom stereocenters. The number of carbonyl (C=O) groups is 1. The molecule has 134 valence electrons. The number of hydrazine groups is 1. The number of hydrogen-bond donors (Lipinski definition) is 4. The number of amides is 1. The molecule has 2 aromatic rings. The van der Waals surface area contributed by atoms with Crippen molar-refractivity contribution in [3.05, 3.63) is 56.7 Å². The normalized spacial score (nSPS) is 11.5. The molecule has 1 heterocycles. The number of carbonyl (C=O) groups excluding carboxylic acids is 1. The molecule has 8 nitrogen and oxygen atoms in total. The summed E-state index contributed by atoms with van der Waals surface area (Å²) in [7, 11) is -3.89. The van der Waals surface area contributed by atoms with Crippen molar-refractivity contribution in [1.29, 1.82) is 0 Å². The molecule has 0 aliphatic rings. The van der Waals surface area contributed by atoms with E-state index in [1.165, 1.54) is 18.2 Å². The second-order valence-corrected chi connectivity index (χ2v) is 7.76. The van der Waals surface area contributed by atoms with E-state index in [0.717, 1.165) is 5.56 Å². The van der Waals surface area contributed by atoms with Crippen molar-refractivity contribution in [3.63, 3.8) is 0 Å². The zero-order chi connectivity index (χ0) is 18.6. The van der Waals surface area contributed by atoms with Crippen LogP contribution in [0.4, 0.5) is 0 Å². The molecule has 1 aromatic heterocycles. The molecule has 1 aromatic carbocycles. The molecule has 0 saturated heterocycles. The van der Waals surface area contributed by atoms with Crippen molar-refractivity contribution in [1.82, 2.24) is 20.2 Å². The lowest BCUT2D eigenvalue weighted by atomic mass is 10.0. The largest absolute Gasteiger partial charge is 0.335 e. The van der Waals surface area contributed by atoms with Gasteiger partial charge in [-0.25, -0.2) is 8.42 Å². The van der Waals surface area contributed by atoms with Crippen LogP contribution in [0.15, 0.2) is 40.0 Å². The summed E-state index contributed by atoms with van der Waals surface area (Å²) >= 11 is 4.80. The lowest BCUT2D eigenvalue weighted by Crippen LogP contribution is -2.42. The Morgan fingerprint density at radius 2 is 1.84 bits per heavy atom. The molecular formula is C15H18N4O4S2. The number of benzene rings is 1. The smallest absolute Gasteiger partial charge is 0.257 e. The monoisotopic (exact) mass is 382 g/mol. The first kappa shape index (κ1) is 19.0. The quantitative estimate of drug-likeness (QED) is 0.440. The van der Waals surface area contributed by atoms with Crippen LogP contribution in [0.5, 0.6) is 0 Å². The Balaban J connectivity index is 2.02. The van der Waals surface area contributed by atoms with Crippen LogP contribution >= 0.6 is 12.2 Å². The summed E-state index contributed by atoms with van der Waals surface area (Å²) in [5.74, 6) is -0.359. The molecule has 25 heavy (non-hydrogen) atoms. The van der Waals surface area contributed by atoms with E-state index in [4.69, 9.17) is 12.2 Å². The van der Waals surface area contributed by atoms with Crippen LogP contribution in [0.1, 0.15) is 31.0 Å². The van der Waals surface area contributed by atoms with Gasteiger partial charge in [0.15, 0.2) is 4.77 Å². The Bertz CT molecular complexity index is 947. The maximum Gasteiger partial charge on any atom is 0.257 e. The number of aromatic nitrogens is 2. The highest BCUT2D eigenvalue weighted by Gasteiger charge is 2.15. The molecule has 0 radical (unpaired) electrons. The number of nitrogens with one attached hydrogen (secondary N) is 4. The summed E-state index contributed by atoms with van der Waals surface area (Å²) in [4.78, 5) is 30.2. The fraction of sp³-hybridized carbons (Fsp3) is 0.267. The van der Waals surface area contributed by atoms with Gasteiger partial charge in [-0.05, 0) is 35.8 Å². The zero-order valence-electron chi connectivity index (χ0n) is 13.6. The SMILES string of the molecule is CC(C)c1ccc(S(=O)(=O)NNC(=O)Cc2cc(=O)[nH]c(=S)[nH]2)cc1. The van der Waals surface area contributed by atoms with Gasteiger partial charge < -0.3 is 4.98 Å². The summed E-state index contributed by atoms with van der Waals surface area (Å²) in [6.45, 7) is 4.00. The van der Waals surface area contributed by atoms with Crippen LogP contribution < -0.4 is 15.8 Å². The molecule has 0 bridgehead atoms. The van der Waals surface area contributed by atoms with E-state index in [9.17, 15) is 18.0 Å². The molecule has 0 unspecified atom stereocenters. The fourth-order valence-corrected chi connectivity index (χ4v) is 3.14. The number of aromatic amines is 2. The first-order valence-electron chi connectivity index (χ1n) is 7.40. The van der Waals surface area contributed by atoms with Crippen molar-refractivity contribution in [2.75, 3.05) is 0 Å². The van der Waals surface area contributed by atoms with Gasteiger partial charge >= 0.3 is 0 Å². The van der Waals surface area contributed by atoms with Crippen LogP contribution in [0.3, 0.4) is 0 Å². The van der Waals surface area contributed by atoms with E-state index in [1.54, 1.807) is 12.1 Å². The van der Waals surface area contributed by atoms with E-state index >= 15 is 0 Å². The van der Waals surface area contributed by atoms with Gasteiger partial charge in [0.1, 0.15) is 0 Å². The topological polar surface area (TPSA) is 124 Å². The average molecular weight is 382 g/mol. The van der Waals surface area contributed by atoms with Crippen molar-refractivity contribution < 1.29 is 13.2 Å². The summed E-state index contributed by atoms with van der Waals surface area (Å²) in [6, 6.07) is 7.55. The Morgan fingerprint density at radius 3 is 2.40 bits per heavy atom. The fourth-order valence-electron chi connectivity index (χ4n) is 2.05. The van der Waals surface area contributed by atoms with E-state index < -0.39 is 21.5 Å². The predicted octanol–water partition coefficient (Wildman–Crippen LogP) is 1.11. The maximum atomic E-state index is 12.2. The number of sulfonamides is 1. The Morgan fingerprint density at radius 1 is 1.20 bits per heavy atom. The zero-order valence-corrected chi connectivity index (χ0v) is 15.3. The predicted molar refractivity (Wildman–Crippen MR) is 94.9 cm³/mol. The first-order valence-corrected chi connectivity index (χ1v) is 9.29. The maximum absolute atomic E-state index is 12.2. The summed E-state index contributed by atoms with van der Waals surface area (Å²) in [5.41, 5.74) is 2.93. The van der Waals surface area contributed by atoms with Crippen molar-refractivity contribution in [2.24, 2.45) is 0 Å². The third-order valence-corrected chi connectivity index (χ3v) is 4.82. The Hall–Kier alpha value is -2.30. The van der Waals surface area contributed by atoms with E-state index in [-0.39, 0.29) is 27.7 Å². The van der Waals surface area contributed by atoms with Crippen LogP contribution in [-0.4, -0.2) is 24.3 Å². The first-order chi connectivity index (χ1) is 11.7. The van der Waals surface area contributed by atoms with Gasteiger partial charge in [-0.1, -0.05) is 26.0 Å². The molecule has 0 aliphatic heterocycles. The minimum atomic E-state index is -3.89. The molecule has 0 aliphatic carbocycles. The third-order valence-electron chi connectivity index (χ3n) is 3.35. The molecule has 0 saturated carbocycles. The van der Waals surface area contributed by atoms with Gasteiger partial charge in [0.2, 0.25) is 5.91 Å². The number of hydrogen-bond acceptors (Lipinski definition) is 5. The highest BCUT2D eigenvalue weighted by atomic mass is 32.2. The van der Waals surface area contributed by atoms with Crippen LogP contribution in [-0.2, 0) is 21.2 Å². The molecular weight excluding hydrogens is 364 g/mol. The summed E-state index contributed by atoms with van der Waals surface area (Å²) in [5, 5.41) is 0. The molecule has 10 heteroatoms. The minimum Gasteiger partial charge on any atom is -0.335 e. The highest BCUT2D eigenvalue weighted by Crippen LogP contribution is 2.16. The van der Waals surface area contributed by atoms with E-state index in [1.807, 2.05) is 18.7 Å². The summed E-state index contributed by atoms with van der Waals surface area (Å²) in [6.07, 6.45) is -0.234. The van der Waals surface area contributed by atoms with Gasteiger partial charge in [-0.2, -0.15) is 0 Å². The molecule has 2 rings (SSSR count). The van der Waals surface area contributed by atoms with E-state index in [2.05, 4.69) is 15.4 Å². The van der Waals surface area contributed by atoms with Gasteiger partial charge in [-0.15, -0.1) is 4.83 Å². The molecule has 1 amide bonds. The second kappa shape index (κ2) is 7.72. The molecule has 0 spiro atoms. The van der Waals surface area contributed by atoms with Gasteiger partial charge in [0.05, 0.1) is 11.3 Å². The van der Waals surface area contributed by atoms with Gasteiger partial charge in [-0.3, -0.25) is 20.0 Å². The third kappa shape index (κ3) is 5.34.